The van der Waals surface area contributed by atoms with E-state index in [-0.39, 0.29) is 17.9 Å². The lowest BCUT2D eigenvalue weighted by molar-refractivity contribution is -0.125. The van der Waals surface area contributed by atoms with Crippen LogP contribution in [-0.4, -0.2) is 44.0 Å². The predicted molar refractivity (Wildman–Crippen MR) is 52.8 cm³/mol. The highest BCUT2D eigenvalue weighted by Crippen LogP contribution is 2.16. The first-order valence-electron chi connectivity index (χ1n) is 4.87. The van der Waals surface area contributed by atoms with E-state index in [9.17, 15) is 9.59 Å². The molecule has 0 spiro atoms. The third-order valence-electron chi connectivity index (χ3n) is 2.54. The number of likely N-dealkylation sites (tertiary alicyclic amines) is 1. The van der Waals surface area contributed by atoms with Gasteiger partial charge in [-0.25, -0.2) is 4.79 Å². The minimum absolute atomic E-state index is 0.0265. The van der Waals surface area contributed by atoms with E-state index in [4.69, 9.17) is 0 Å². The summed E-state index contributed by atoms with van der Waals surface area (Å²) in [4.78, 5) is 24.3. The van der Waals surface area contributed by atoms with Gasteiger partial charge in [-0.15, -0.1) is 0 Å². The molecule has 1 aliphatic heterocycles. The Kier molecular flexibility index (Phi) is 3.73. The maximum Gasteiger partial charge on any atom is 0.317 e. The van der Waals surface area contributed by atoms with Crippen LogP contribution < -0.4 is 10.6 Å². The van der Waals surface area contributed by atoms with E-state index in [1.54, 1.807) is 19.0 Å². The Hall–Kier alpha value is -1.26. The van der Waals surface area contributed by atoms with Gasteiger partial charge in [0.1, 0.15) is 0 Å². The standard InChI is InChI=1S/C9H17N3O2/c1-10-8(13)7-4-3-5-12(6-7)9(14)11-2/h7H,3-6H2,1-2H3,(H,10,13)(H,11,14). The maximum absolute atomic E-state index is 11.4. The van der Waals surface area contributed by atoms with Crippen LogP contribution in [0.5, 0.6) is 0 Å². The summed E-state index contributed by atoms with van der Waals surface area (Å²) in [5.41, 5.74) is 0. The van der Waals surface area contributed by atoms with Gasteiger partial charge in [-0.3, -0.25) is 4.79 Å². The van der Waals surface area contributed by atoms with Gasteiger partial charge in [0.2, 0.25) is 5.91 Å². The van der Waals surface area contributed by atoms with Gasteiger partial charge >= 0.3 is 6.03 Å². The molecule has 0 aliphatic carbocycles. The highest BCUT2D eigenvalue weighted by atomic mass is 16.2. The van der Waals surface area contributed by atoms with Crippen molar-refractivity contribution in [1.29, 1.82) is 0 Å². The van der Waals surface area contributed by atoms with Gasteiger partial charge in [0.25, 0.3) is 0 Å². The quantitative estimate of drug-likeness (QED) is 0.613. The molecule has 1 unspecified atom stereocenters. The first kappa shape index (κ1) is 10.8. The van der Waals surface area contributed by atoms with E-state index in [1.165, 1.54) is 0 Å². The van der Waals surface area contributed by atoms with Crippen LogP contribution >= 0.6 is 0 Å². The summed E-state index contributed by atoms with van der Waals surface area (Å²) in [5.74, 6) is -0.0235. The van der Waals surface area contributed by atoms with Crippen molar-refractivity contribution in [3.8, 4) is 0 Å². The van der Waals surface area contributed by atoms with Crippen molar-refractivity contribution in [2.24, 2.45) is 5.92 Å². The Labute approximate surface area is 83.8 Å². The molecular formula is C9H17N3O2. The predicted octanol–water partition coefficient (Wildman–Crippen LogP) is -0.216. The maximum atomic E-state index is 11.4. The van der Waals surface area contributed by atoms with Gasteiger partial charge in [-0.2, -0.15) is 0 Å². The molecule has 5 heteroatoms. The second-order valence-corrected chi connectivity index (χ2v) is 3.45. The summed E-state index contributed by atoms with van der Waals surface area (Å²) in [6.45, 7) is 1.27. The molecule has 0 aromatic heterocycles. The van der Waals surface area contributed by atoms with Crippen molar-refractivity contribution >= 4 is 11.9 Å². The topological polar surface area (TPSA) is 61.4 Å². The molecule has 0 radical (unpaired) electrons. The molecule has 0 aromatic carbocycles. The number of hydrogen-bond donors (Lipinski definition) is 2. The lowest BCUT2D eigenvalue weighted by Crippen LogP contribution is -2.47. The fourth-order valence-corrected chi connectivity index (χ4v) is 1.74. The number of rotatable bonds is 1. The Balaban J connectivity index is 2.51. The molecule has 0 aromatic rings. The van der Waals surface area contributed by atoms with Gasteiger partial charge in [-0.05, 0) is 12.8 Å². The van der Waals surface area contributed by atoms with Crippen molar-refractivity contribution in [1.82, 2.24) is 15.5 Å². The average molecular weight is 199 g/mol. The van der Waals surface area contributed by atoms with E-state index in [0.29, 0.717) is 6.54 Å². The average Bonchev–Trinajstić information content (AvgIpc) is 2.27. The molecule has 1 aliphatic rings. The van der Waals surface area contributed by atoms with Crippen LogP contribution in [0.4, 0.5) is 4.79 Å². The van der Waals surface area contributed by atoms with E-state index in [1.807, 2.05) is 0 Å². The van der Waals surface area contributed by atoms with Gasteiger partial charge < -0.3 is 15.5 Å². The lowest BCUT2D eigenvalue weighted by Gasteiger charge is -2.31. The van der Waals surface area contributed by atoms with Crippen molar-refractivity contribution in [3.63, 3.8) is 0 Å². The largest absolute Gasteiger partial charge is 0.359 e. The van der Waals surface area contributed by atoms with Crippen LogP contribution in [-0.2, 0) is 4.79 Å². The zero-order valence-electron chi connectivity index (χ0n) is 8.67. The number of urea groups is 1. The van der Waals surface area contributed by atoms with Crippen molar-refractivity contribution in [2.45, 2.75) is 12.8 Å². The molecule has 3 amide bonds. The number of piperidine rings is 1. The molecule has 1 saturated heterocycles. The molecule has 5 nitrogen and oxygen atoms in total. The monoisotopic (exact) mass is 199 g/mol. The zero-order valence-corrected chi connectivity index (χ0v) is 8.67. The Morgan fingerprint density at radius 1 is 1.29 bits per heavy atom. The lowest BCUT2D eigenvalue weighted by atomic mass is 9.97. The molecule has 2 N–H and O–H groups in total. The van der Waals surface area contributed by atoms with Crippen molar-refractivity contribution < 1.29 is 9.59 Å². The summed E-state index contributed by atoms with van der Waals surface area (Å²) < 4.78 is 0. The number of hydrogen-bond acceptors (Lipinski definition) is 2. The number of nitrogens with one attached hydrogen (secondary N) is 2. The summed E-state index contributed by atoms with van der Waals surface area (Å²) in [7, 11) is 3.23. The van der Waals surface area contributed by atoms with E-state index >= 15 is 0 Å². The number of carbonyl (C=O) groups is 2. The fourth-order valence-electron chi connectivity index (χ4n) is 1.74. The van der Waals surface area contributed by atoms with Crippen molar-refractivity contribution in [3.05, 3.63) is 0 Å². The van der Waals surface area contributed by atoms with Gasteiger partial charge in [0.05, 0.1) is 5.92 Å². The van der Waals surface area contributed by atoms with Crippen LogP contribution in [0.3, 0.4) is 0 Å². The molecule has 14 heavy (non-hydrogen) atoms. The molecule has 80 valence electrons. The smallest absolute Gasteiger partial charge is 0.317 e. The Morgan fingerprint density at radius 2 is 2.00 bits per heavy atom. The highest BCUT2D eigenvalue weighted by molar-refractivity contribution is 5.80. The van der Waals surface area contributed by atoms with Gasteiger partial charge in [0, 0.05) is 27.2 Å². The summed E-state index contributed by atoms with van der Waals surface area (Å²) in [5, 5.41) is 5.18. The second-order valence-electron chi connectivity index (χ2n) is 3.45. The Morgan fingerprint density at radius 3 is 2.57 bits per heavy atom. The third-order valence-corrected chi connectivity index (χ3v) is 2.54. The minimum atomic E-state index is -0.0985. The SMILES string of the molecule is CNC(=O)C1CCCN(C(=O)NC)C1. The highest BCUT2D eigenvalue weighted by Gasteiger charge is 2.27. The van der Waals surface area contributed by atoms with E-state index in [2.05, 4.69) is 10.6 Å². The first-order chi connectivity index (χ1) is 6.69. The number of carbonyl (C=O) groups excluding carboxylic acids is 2. The molecule has 1 fully saturated rings. The summed E-state index contributed by atoms with van der Waals surface area (Å²) >= 11 is 0. The first-order valence-corrected chi connectivity index (χ1v) is 4.87. The van der Waals surface area contributed by atoms with E-state index < -0.39 is 0 Å². The normalized spacial score (nSPS) is 21.6. The minimum Gasteiger partial charge on any atom is -0.359 e. The molecule has 1 heterocycles. The molecule has 0 saturated carbocycles. The van der Waals surface area contributed by atoms with Crippen LogP contribution in [0.2, 0.25) is 0 Å². The van der Waals surface area contributed by atoms with Gasteiger partial charge in [-0.1, -0.05) is 0 Å². The summed E-state index contributed by atoms with van der Waals surface area (Å²) in [6.07, 6.45) is 1.76. The second kappa shape index (κ2) is 4.83. The molecule has 0 bridgehead atoms. The summed E-state index contributed by atoms with van der Waals surface area (Å²) in [6, 6.07) is -0.0985. The van der Waals surface area contributed by atoms with Crippen LogP contribution in [0, 0.1) is 5.92 Å². The Bertz CT molecular complexity index is 208. The van der Waals surface area contributed by atoms with Crippen LogP contribution in [0.1, 0.15) is 12.8 Å². The van der Waals surface area contributed by atoms with Crippen LogP contribution in [0.25, 0.3) is 0 Å². The molecule has 1 rings (SSSR count). The number of nitrogens with zero attached hydrogens (tertiary/aromatic N) is 1. The third kappa shape index (κ3) is 2.37. The fraction of sp³-hybridized carbons (Fsp3) is 0.778. The van der Waals surface area contributed by atoms with Crippen LogP contribution in [0.15, 0.2) is 0 Å². The van der Waals surface area contributed by atoms with E-state index in [0.717, 1.165) is 19.4 Å². The zero-order chi connectivity index (χ0) is 10.6. The molecule has 1 atom stereocenters. The molecular weight excluding hydrogens is 182 g/mol. The van der Waals surface area contributed by atoms with Gasteiger partial charge in [0.15, 0.2) is 0 Å². The van der Waals surface area contributed by atoms with Crippen molar-refractivity contribution in [2.75, 3.05) is 27.2 Å². The number of amides is 3.